The van der Waals surface area contributed by atoms with E-state index in [4.69, 9.17) is 0 Å². The van der Waals surface area contributed by atoms with Gasteiger partial charge in [-0.3, -0.25) is 0 Å². The van der Waals surface area contributed by atoms with E-state index in [2.05, 4.69) is 43.9 Å². The summed E-state index contributed by atoms with van der Waals surface area (Å²) in [5, 5.41) is 0. The van der Waals surface area contributed by atoms with E-state index in [1.165, 1.54) is 5.52 Å². The Labute approximate surface area is 80.2 Å². The number of hydrogen-bond donors (Lipinski definition) is 0. The van der Waals surface area contributed by atoms with Crippen LogP contribution >= 0.6 is 9.24 Å². The zero-order valence-electron chi connectivity index (χ0n) is 7.70. The fourth-order valence-electron chi connectivity index (χ4n) is 1.61. The van der Waals surface area contributed by atoms with Gasteiger partial charge in [0, 0.05) is 6.54 Å². The summed E-state index contributed by atoms with van der Waals surface area (Å²) in [5.41, 5.74) is 2.33. The zero-order valence-corrected chi connectivity index (χ0v) is 8.85. The minimum atomic E-state index is 1.02. The first kappa shape index (κ1) is 8.71. The molecule has 68 valence electrons. The highest BCUT2D eigenvalue weighted by Gasteiger charge is 2.04. The number of benzene rings is 1. The Morgan fingerprint density at radius 3 is 2.92 bits per heavy atom. The maximum Gasteiger partial charge on any atom is 0.106 e. The van der Waals surface area contributed by atoms with Crippen molar-refractivity contribution < 1.29 is 0 Å². The lowest BCUT2D eigenvalue weighted by Crippen LogP contribution is -2.00. The Kier molecular flexibility index (Phi) is 2.32. The van der Waals surface area contributed by atoms with Crippen LogP contribution in [-0.4, -0.2) is 15.7 Å². The molecular formula is C10H13N2P. The predicted molar refractivity (Wildman–Crippen MR) is 59.0 cm³/mol. The highest BCUT2D eigenvalue weighted by Crippen LogP contribution is 2.15. The van der Waals surface area contributed by atoms with Crippen molar-refractivity contribution in [3.63, 3.8) is 0 Å². The number of imidazole rings is 1. The van der Waals surface area contributed by atoms with Gasteiger partial charge in [-0.15, -0.1) is 9.24 Å². The Balaban J connectivity index is 2.64. The van der Waals surface area contributed by atoms with Crippen molar-refractivity contribution in [1.29, 1.82) is 0 Å². The summed E-state index contributed by atoms with van der Waals surface area (Å²) in [7, 11) is 2.75. The van der Waals surface area contributed by atoms with E-state index in [0.717, 1.165) is 24.0 Å². The molecule has 1 aromatic carbocycles. The van der Waals surface area contributed by atoms with Crippen molar-refractivity contribution in [2.75, 3.05) is 6.16 Å². The molecule has 0 fully saturated rings. The smallest absolute Gasteiger partial charge is 0.106 e. The number of aromatic nitrogens is 2. The molecular weight excluding hydrogens is 179 g/mol. The number of hydrogen-bond acceptors (Lipinski definition) is 1. The minimum Gasteiger partial charge on any atom is -0.328 e. The van der Waals surface area contributed by atoms with Gasteiger partial charge in [0.15, 0.2) is 0 Å². The first-order valence-corrected chi connectivity index (χ1v) is 5.26. The van der Waals surface area contributed by atoms with Gasteiger partial charge in [-0.25, -0.2) is 4.98 Å². The molecule has 2 rings (SSSR count). The molecule has 0 saturated heterocycles. The summed E-state index contributed by atoms with van der Waals surface area (Å²) in [4.78, 5) is 4.49. The van der Waals surface area contributed by atoms with Crippen molar-refractivity contribution in [3.8, 4) is 0 Å². The molecule has 0 N–H and O–H groups in total. The van der Waals surface area contributed by atoms with Crippen LogP contribution in [0.2, 0.25) is 0 Å². The topological polar surface area (TPSA) is 17.8 Å². The molecule has 0 spiro atoms. The molecule has 3 heteroatoms. The quantitative estimate of drug-likeness (QED) is 0.667. The molecule has 0 aliphatic heterocycles. The van der Waals surface area contributed by atoms with Gasteiger partial charge in [-0.2, -0.15) is 0 Å². The van der Waals surface area contributed by atoms with E-state index < -0.39 is 0 Å². The van der Waals surface area contributed by atoms with E-state index in [9.17, 15) is 0 Å². The molecule has 1 atom stereocenters. The lowest BCUT2D eigenvalue weighted by atomic mass is 10.3. The van der Waals surface area contributed by atoms with Crippen molar-refractivity contribution in [1.82, 2.24) is 9.55 Å². The highest BCUT2D eigenvalue weighted by atomic mass is 31.0. The SMILES string of the molecule is Cc1nc2ccccc2n1CCP. The molecule has 0 amide bonds. The van der Waals surface area contributed by atoms with Gasteiger partial charge in [-0.05, 0) is 25.2 Å². The molecule has 0 aliphatic carbocycles. The number of para-hydroxylation sites is 2. The third-order valence-electron chi connectivity index (χ3n) is 2.20. The Bertz CT molecular complexity index is 420. The molecule has 2 nitrogen and oxygen atoms in total. The van der Waals surface area contributed by atoms with E-state index >= 15 is 0 Å². The van der Waals surface area contributed by atoms with Gasteiger partial charge in [0.25, 0.3) is 0 Å². The zero-order chi connectivity index (χ0) is 9.26. The van der Waals surface area contributed by atoms with Crippen LogP contribution in [-0.2, 0) is 6.54 Å². The third kappa shape index (κ3) is 1.47. The second-order valence-corrected chi connectivity index (χ2v) is 3.67. The van der Waals surface area contributed by atoms with Gasteiger partial charge in [0.05, 0.1) is 11.0 Å². The molecule has 1 unspecified atom stereocenters. The van der Waals surface area contributed by atoms with Crippen LogP contribution in [0.15, 0.2) is 24.3 Å². The summed E-state index contributed by atoms with van der Waals surface area (Å²) in [6.07, 6.45) is 1.07. The number of fused-ring (bicyclic) bond motifs is 1. The molecule has 1 heterocycles. The maximum atomic E-state index is 4.49. The Hall–Kier alpha value is -0.880. The Morgan fingerprint density at radius 1 is 1.38 bits per heavy atom. The van der Waals surface area contributed by atoms with Crippen LogP contribution in [0.25, 0.3) is 11.0 Å². The third-order valence-corrected chi connectivity index (χ3v) is 2.46. The van der Waals surface area contributed by atoms with Crippen LogP contribution in [0.4, 0.5) is 0 Å². The normalized spacial score (nSPS) is 10.9. The number of rotatable bonds is 2. The summed E-state index contributed by atoms with van der Waals surface area (Å²) >= 11 is 0. The number of nitrogens with zero attached hydrogens (tertiary/aromatic N) is 2. The molecule has 0 bridgehead atoms. The lowest BCUT2D eigenvalue weighted by Gasteiger charge is -2.02. The van der Waals surface area contributed by atoms with Crippen molar-refractivity contribution in [3.05, 3.63) is 30.1 Å². The highest BCUT2D eigenvalue weighted by molar-refractivity contribution is 7.16. The van der Waals surface area contributed by atoms with Gasteiger partial charge in [-0.1, -0.05) is 12.1 Å². The second kappa shape index (κ2) is 3.47. The Morgan fingerprint density at radius 2 is 2.15 bits per heavy atom. The van der Waals surface area contributed by atoms with E-state index in [1.54, 1.807) is 0 Å². The van der Waals surface area contributed by atoms with Crippen molar-refractivity contribution >= 4 is 20.3 Å². The fraction of sp³-hybridized carbons (Fsp3) is 0.300. The van der Waals surface area contributed by atoms with Crippen LogP contribution in [0, 0.1) is 6.92 Å². The summed E-state index contributed by atoms with van der Waals surface area (Å²) in [6, 6.07) is 8.26. The number of aryl methyl sites for hydroxylation is 2. The average Bonchev–Trinajstić information content (AvgIpc) is 2.44. The standard InChI is InChI=1S/C10H13N2P/c1-8-11-9-4-2-3-5-10(9)12(8)6-7-13/h2-5H,6-7,13H2,1H3. The average molecular weight is 192 g/mol. The van der Waals surface area contributed by atoms with E-state index in [0.29, 0.717) is 0 Å². The molecule has 0 radical (unpaired) electrons. The van der Waals surface area contributed by atoms with Gasteiger partial charge >= 0.3 is 0 Å². The van der Waals surface area contributed by atoms with E-state index in [1.807, 2.05) is 6.07 Å². The van der Waals surface area contributed by atoms with Crippen molar-refractivity contribution in [2.24, 2.45) is 0 Å². The van der Waals surface area contributed by atoms with E-state index in [-0.39, 0.29) is 0 Å². The van der Waals surface area contributed by atoms with Crippen LogP contribution in [0.3, 0.4) is 0 Å². The molecule has 1 aromatic heterocycles. The van der Waals surface area contributed by atoms with Crippen LogP contribution in [0.5, 0.6) is 0 Å². The minimum absolute atomic E-state index is 1.02. The van der Waals surface area contributed by atoms with Crippen LogP contribution in [0.1, 0.15) is 5.82 Å². The van der Waals surface area contributed by atoms with Crippen LogP contribution < -0.4 is 0 Å². The molecule has 0 saturated carbocycles. The van der Waals surface area contributed by atoms with Crippen molar-refractivity contribution in [2.45, 2.75) is 13.5 Å². The fourth-order valence-corrected chi connectivity index (χ4v) is 1.87. The maximum absolute atomic E-state index is 4.49. The first-order valence-electron chi connectivity index (χ1n) is 4.45. The summed E-state index contributed by atoms with van der Waals surface area (Å²) < 4.78 is 2.25. The summed E-state index contributed by atoms with van der Waals surface area (Å²) in [5.74, 6) is 1.10. The first-order chi connectivity index (χ1) is 6.33. The van der Waals surface area contributed by atoms with Gasteiger partial charge < -0.3 is 4.57 Å². The monoisotopic (exact) mass is 192 g/mol. The summed E-state index contributed by atoms with van der Waals surface area (Å²) in [6.45, 7) is 3.08. The second-order valence-electron chi connectivity index (χ2n) is 3.09. The predicted octanol–water partition coefficient (Wildman–Crippen LogP) is 2.22. The molecule has 13 heavy (non-hydrogen) atoms. The van der Waals surface area contributed by atoms with Gasteiger partial charge in [0.2, 0.25) is 0 Å². The molecule has 2 aromatic rings. The molecule has 0 aliphatic rings. The van der Waals surface area contributed by atoms with Gasteiger partial charge in [0.1, 0.15) is 5.82 Å². The largest absolute Gasteiger partial charge is 0.328 e. The lowest BCUT2D eigenvalue weighted by molar-refractivity contribution is 0.762.